The number of anilines is 1. The molecule has 1 aliphatic rings. The predicted molar refractivity (Wildman–Crippen MR) is 70.3 cm³/mol. The summed E-state index contributed by atoms with van der Waals surface area (Å²) in [5.74, 6) is 0. The van der Waals surface area contributed by atoms with Crippen LogP contribution in [0.1, 0.15) is 19.4 Å². The number of nitro groups is 1. The molecule has 1 heterocycles. The monoisotopic (exact) mass is 304 g/mol. The Morgan fingerprint density at radius 2 is 1.86 bits per heavy atom. The molecule has 2 rings (SSSR count). The van der Waals surface area contributed by atoms with Crippen LogP contribution in [-0.4, -0.2) is 30.2 Å². The number of alkyl halides is 3. The minimum absolute atomic E-state index is 0.149. The molecular weight excluding hydrogens is 289 g/mol. The third-order valence-electron chi connectivity index (χ3n) is 3.45. The van der Waals surface area contributed by atoms with E-state index in [-0.39, 0.29) is 17.8 Å². The van der Waals surface area contributed by atoms with Crippen LogP contribution in [0.3, 0.4) is 0 Å². The molecule has 0 aromatic heterocycles. The number of nitrogens with zero attached hydrogens (tertiary/aromatic N) is 2. The molecular formula is C13H15F3N2O3. The SMILES string of the molecule is CC1COCC(C)N1c1ccc(C(F)(F)F)cc1[N+](=O)[O-]. The van der Waals surface area contributed by atoms with Crippen molar-refractivity contribution in [1.29, 1.82) is 0 Å². The smallest absolute Gasteiger partial charge is 0.377 e. The molecule has 1 aromatic rings. The molecule has 0 amide bonds. The predicted octanol–water partition coefficient (Wildman–Crippen LogP) is 3.23. The largest absolute Gasteiger partial charge is 0.416 e. The summed E-state index contributed by atoms with van der Waals surface area (Å²) < 4.78 is 43.4. The van der Waals surface area contributed by atoms with E-state index in [0.717, 1.165) is 6.07 Å². The van der Waals surface area contributed by atoms with Crippen molar-refractivity contribution in [2.75, 3.05) is 18.1 Å². The van der Waals surface area contributed by atoms with Gasteiger partial charge in [0.05, 0.1) is 35.8 Å². The third kappa shape index (κ3) is 3.10. The second kappa shape index (κ2) is 5.51. The molecule has 8 heteroatoms. The quantitative estimate of drug-likeness (QED) is 0.622. The second-order valence-electron chi connectivity index (χ2n) is 5.10. The van der Waals surface area contributed by atoms with Crippen LogP contribution in [0.25, 0.3) is 0 Å². The first-order valence-electron chi connectivity index (χ1n) is 6.43. The van der Waals surface area contributed by atoms with E-state index >= 15 is 0 Å². The summed E-state index contributed by atoms with van der Waals surface area (Å²) in [5, 5.41) is 11.1. The van der Waals surface area contributed by atoms with Gasteiger partial charge in [0.2, 0.25) is 0 Å². The normalized spacial score (nSPS) is 23.2. The third-order valence-corrected chi connectivity index (χ3v) is 3.45. The molecule has 21 heavy (non-hydrogen) atoms. The fraction of sp³-hybridized carbons (Fsp3) is 0.538. The summed E-state index contributed by atoms with van der Waals surface area (Å²) in [6.45, 7) is 4.39. The average Bonchev–Trinajstić information content (AvgIpc) is 2.37. The van der Waals surface area contributed by atoms with E-state index in [9.17, 15) is 23.3 Å². The summed E-state index contributed by atoms with van der Waals surface area (Å²) in [7, 11) is 0. The van der Waals surface area contributed by atoms with Crippen molar-refractivity contribution in [3.63, 3.8) is 0 Å². The van der Waals surface area contributed by atoms with Crippen molar-refractivity contribution >= 4 is 11.4 Å². The number of rotatable bonds is 2. The summed E-state index contributed by atoms with van der Waals surface area (Å²) in [4.78, 5) is 12.1. The van der Waals surface area contributed by atoms with Gasteiger partial charge in [0.25, 0.3) is 5.69 Å². The van der Waals surface area contributed by atoms with Gasteiger partial charge in [-0.1, -0.05) is 0 Å². The number of halogens is 3. The topological polar surface area (TPSA) is 55.6 Å². The molecule has 5 nitrogen and oxygen atoms in total. The fourth-order valence-corrected chi connectivity index (χ4v) is 2.54. The van der Waals surface area contributed by atoms with Crippen LogP contribution in [0.5, 0.6) is 0 Å². The van der Waals surface area contributed by atoms with Crippen molar-refractivity contribution < 1.29 is 22.8 Å². The van der Waals surface area contributed by atoms with E-state index in [4.69, 9.17) is 4.74 Å². The number of nitro benzene ring substituents is 1. The highest BCUT2D eigenvalue weighted by Crippen LogP contribution is 2.38. The standard InChI is InChI=1S/C13H15F3N2O3/c1-8-6-21-7-9(2)17(8)11-4-3-10(13(14,15)16)5-12(11)18(19)20/h3-5,8-9H,6-7H2,1-2H3. The van der Waals surface area contributed by atoms with Crippen molar-refractivity contribution in [2.45, 2.75) is 32.1 Å². The number of hydrogen-bond donors (Lipinski definition) is 0. The van der Waals surface area contributed by atoms with E-state index in [2.05, 4.69) is 0 Å². The van der Waals surface area contributed by atoms with Gasteiger partial charge in [0.1, 0.15) is 5.69 Å². The lowest BCUT2D eigenvalue weighted by Gasteiger charge is -2.40. The molecule has 0 aliphatic carbocycles. The maximum atomic E-state index is 12.7. The summed E-state index contributed by atoms with van der Waals surface area (Å²) in [5.41, 5.74) is -1.37. The van der Waals surface area contributed by atoms with Crippen molar-refractivity contribution in [3.8, 4) is 0 Å². The summed E-state index contributed by atoms with van der Waals surface area (Å²) in [6, 6.07) is 2.33. The highest BCUT2D eigenvalue weighted by Gasteiger charge is 2.36. The maximum Gasteiger partial charge on any atom is 0.416 e. The van der Waals surface area contributed by atoms with Gasteiger partial charge in [-0.25, -0.2) is 0 Å². The Bertz CT molecular complexity index is 538. The molecule has 0 spiro atoms. The van der Waals surface area contributed by atoms with E-state index in [1.54, 1.807) is 4.90 Å². The number of benzene rings is 1. The second-order valence-corrected chi connectivity index (χ2v) is 5.10. The van der Waals surface area contributed by atoms with Gasteiger partial charge >= 0.3 is 6.18 Å². The molecule has 116 valence electrons. The number of hydrogen-bond acceptors (Lipinski definition) is 4. The van der Waals surface area contributed by atoms with E-state index in [1.807, 2.05) is 13.8 Å². The highest BCUT2D eigenvalue weighted by molar-refractivity contribution is 5.66. The lowest BCUT2D eigenvalue weighted by molar-refractivity contribution is -0.384. The molecule has 0 N–H and O–H groups in total. The fourth-order valence-electron chi connectivity index (χ4n) is 2.54. The van der Waals surface area contributed by atoms with Crippen molar-refractivity contribution in [3.05, 3.63) is 33.9 Å². The van der Waals surface area contributed by atoms with Crippen LogP contribution in [0.4, 0.5) is 24.5 Å². The van der Waals surface area contributed by atoms with Crippen LogP contribution in [-0.2, 0) is 10.9 Å². The van der Waals surface area contributed by atoms with Gasteiger partial charge in [-0.3, -0.25) is 10.1 Å². The molecule has 2 atom stereocenters. The van der Waals surface area contributed by atoms with Crippen LogP contribution >= 0.6 is 0 Å². The molecule has 1 fully saturated rings. The zero-order chi connectivity index (χ0) is 15.8. The Hall–Kier alpha value is -1.83. The molecule has 1 saturated heterocycles. The minimum Gasteiger partial charge on any atom is -0.377 e. The first-order chi connectivity index (χ1) is 9.71. The minimum atomic E-state index is -4.61. The Morgan fingerprint density at radius 1 is 1.29 bits per heavy atom. The summed E-state index contributed by atoms with van der Waals surface area (Å²) in [6.07, 6.45) is -4.61. The number of morpholine rings is 1. The van der Waals surface area contributed by atoms with Crippen molar-refractivity contribution in [2.24, 2.45) is 0 Å². The molecule has 1 aliphatic heterocycles. The van der Waals surface area contributed by atoms with Crippen LogP contribution in [0, 0.1) is 10.1 Å². The molecule has 1 aromatic carbocycles. The zero-order valence-electron chi connectivity index (χ0n) is 11.6. The first kappa shape index (κ1) is 15.6. The number of ether oxygens (including phenoxy) is 1. The van der Waals surface area contributed by atoms with E-state index in [1.165, 1.54) is 6.07 Å². The van der Waals surface area contributed by atoms with Gasteiger partial charge in [0, 0.05) is 6.07 Å². The van der Waals surface area contributed by atoms with Gasteiger partial charge in [0.15, 0.2) is 0 Å². The van der Waals surface area contributed by atoms with Crippen LogP contribution < -0.4 is 4.90 Å². The van der Waals surface area contributed by atoms with E-state index < -0.39 is 22.4 Å². The zero-order valence-corrected chi connectivity index (χ0v) is 11.6. The maximum absolute atomic E-state index is 12.7. The van der Waals surface area contributed by atoms with Crippen LogP contribution in [0.2, 0.25) is 0 Å². The van der Waals surface area contributed by atoms with Gasteiger partial charge in [-0.05, 0) is 26.0 Å². The van der Waals surface area contributed by atoms with Gasteiger partial charge in [-0.2, -0.15) is 13.2 Å². The molecule has 0 saturated carbocycles. The summed E-state index contributed by atoms with van der Waals surface area (Å²) >= 11 is 0. The Kier molecular flexibility index (Phi) is 4.08. The van der Waals surface area contributed by atoms with Gasteiger partial charge < -0.3 is 9.64 Å². The van der Waals surface area contributed by atoms with Crippen LogP contribution in [0.15, 0.2) is 18.2 Å². The average molecular weight is 304 g/mol. The van der Waals surface area contributed by atoms with Crippen molar-refractivity contribution in [1.82, 2.24) is 0 Å². The Morgan fingerprint density at radius 3 is 2.33 bits per heavy atom. The Labute approximate surface area is 119 Å². The molecule has 2 unspecified atom stereocenters. The first-order valence-corrected chi connectivity index (χ1v) is 6.43. The highest BCUT2D eigenvalue weighted by atomic mass is 19.4. The van der Waals surface area contributed by atoms with E-state index in [0.29, 0.717) is 19.3 Å². The lowest BCUT2D eigenvalue weighted by Crippen LogP contribution is -2.50. The molecule has 0 radical (unpaired) electrons. The lowest BCUT2D eigenvalue weighted by atomic mass is 10.1. The van der Waals surface area contributed by atoms with Gasteiger partial charge in [-0.15, -0.1) is 0 Å². The molecule has 0 bridgehead atoms. The Balaban J connectivity index is 2.50.